The van der Waals surface area contributed by atoms with Gasteiger partial charge in [-0.2, -0.15) is 10.1 Å². The number of aliphatic hydroxyl groups is 1. The van der Waals surface area contributed by atoms with Crippen molar-refractivity contribution >= 4 is 25.4 Å². The summed E-state index contributed by atoms with van der Waals surface area (Å²) >= 11 is 0. The number of carbonyl (C=O) groups is 2. The molecule has 3 N–H and O–H groups in total. The van der Waals surface area contributed by atoms with E-state index in [2.05, 4.69) is 15.4 Å². The van der Waals surface area contributed by atoms with Gasteiger partial charge in [0.2, 0.25) is 0 Å². The summed E-state index contributed by atoms with van der Waals surface area (Å²) in [5.74, 6) is -1.15. The van der Waals surface area contributed by atoms with Crippen LogP contribution >= 0.6 is 7.75 Å². The van der Waals surface area contributed by atoms with Crippen LogP contribution in [0.15, 0.2) is 77.7 Å². The Kier molecular flexibility index (Phi) is 10.3. The Labute approximate surface area is 252 Å². The van der Waals surface area contributed by atoms with Gasteiger partial charge in [-0.1, -0.05) is 36.4 Å². The molecule has 236 valence electrons. The first-order chi connectivity index (χ1) is 20.8. The maximum atomic E-state index is 15.9. The Morgan fingerprint density at radius 1 is 1.11 bits per heavy atom. The summed E-state index contributed by atoms with van der Waals surface area (Å²) in [5.41, 5.74) is -3.15. The van der Waals surface area contributed by atoms with Crippen LogP contribution in [0.1, 0.15) is 44.3 Å². The number of amides is 1. The van der Waals surface area contributed by atoms with Crippen molar-refractivity contribution in [1.82, 2.24) is 14.6 Å². The van der Waals surface area contributed by atoms with Crippen molar-refractivity contribution in [3.63, 3.8) is 0 Å². The van der Waals surface area contributed by atoms with Gasteiger partial charge in [-0.25, -0.2) is 13.8 Å². The molecule has 44 heavy (non-hydrogen) atoms. The molecule has 1 aliphatic heterocycles. The number of nitrogens with zero attached hydrogens (tertiary/aromatic N) is 2. The zero-order valence-electron chi connectivity index (χ0n) is 24.5. The zero-order valence-corrected chi connectivity index (χ0v) is 25.3. The van der Waals surface area contributed by atoms with Gasteiger partial charge in [0.1, 0.15) is 29.8 Å². The summed E-state index contributed by atoms with van der Waals surface area (Å²) in [6, 6.07) is 16.4. The van der Waals surface area contributed by atoms with E-state index in [4.69, 9.17) is 18.5 Å². The Morgan fingerprint density at radius 3 is 2.36 bits per heavy atom. The standard InChI is InChI=1S/C29H34FN4O9P/c1-18(2)41-26(37)19(3)33-44(39,43-21-13-9-6-10-14-21)40-17-22-24(35)29(4,30)27(42-22)34-16-15-23(32-28(34)38)31-25(36)20-11-7-5-8-12-20/h5-16,18-19,22,24,27,35H,17H2,1-4H3,(H,33,39)(H,31,32,36,38)/t19-,22+,24+,27+,29+,44?/m0/s1. The first-order valence-corrected chi connectivity index (χ1v) is 15.3. The van der Waals surface area contributed by atoms with Crippen molar-refractivity contribution in [3.05, 3.63) is 89.0 Å². The molecular weight excluding hydrogens is 598 g/mol. The maximum Gasteiger partial charge on any atom is 0.459 e. The SMILES string of the molecule is CC(C)OC(=O)[C@H](C)NP(=O)(OC[C@H]1O[C@@H](n2ccc(NC(=O)c3ccccc3)nc2=O)[C@](C)(F)[C@@H]1O)Oc1ccccc1. The number of carbonyl (C=O) groups excluding carboxylic acids is 2. The fourth-order valence-electron chi connectivity index (χ4n) is 4.30. The summed E-state index contributed by atoms with van der Waals surface area (Å²) in [7, 11) is -4.35. The number of halogens is 1. The van der Waals surface area contributed by atoms with Crippen molar-refractivity contribution in [2.45, 2.75) is 63.9 Å². The van der Waals surface area contributed by atoms with Crippen LogP contribution in [-0.4, -0.2) is 63.2 Å². The maximum absolute atomic E-state index is 15.9. The van der Waals surface area contributed by atoms with Gasteiger partial charge >= 0.3 is 19.4 Å². The number of benzene rings is 2. The highest BCUT2D eigenvalue weighted by atomic mass is 31.2. The monoisotopic (exact) mass is 632 g/mol. The molecule has 6 atom stereocenters. The van der Waals surface area contributed by atoms with Gasteiger partial charge in [0.25, 0.3) is 5.91 Å². The van der Waals surface area contributed by atoms with Crippen LogP contribution in [0.4, 0.5) is 10.2 Å². The molecule has 0 bridgehead atoms. The second kappa shape index (κ2) is 13.8. The first-order valence-electron chi connectivity index (χ1n) is 13.7. The van der Waals surface area contributed by atoms with Crippen LogP contribution in [0.5, 0.6) is 5.75 Å². The molecule has 15 heteroatoms. The molecule has 0 aliphatic carbocycles. The molecule has 2 aromatic carbocycles. The Balaban J connectivity index is 1.49. The van der Waals surface area contributed by atoms with Crippen LogP contribution in [0.25, 0.3) is 0 Å². The average molecular weight is 633 g/mol. The quantitative estimate of drug-likeness (QED) is 0.197. The molecule has 0 saturated carbocycles. The predicted molar refractivity (Wildman–Crippen MR) is 157 cm³/mol. The number of hydrogen-bond acceptors (Lipinski definition) is 10. The van der Waals surface area contributed by atoms with Gasteiger partial charge in [-0.3, -0.25) is 18.7 Å². The van der Waals surface area contributed by atoms with E-state index in [0.29, 0.717) is 5.56 Å². The predicted octanol–water partition coefficient (Wildman–Crippen LogP) is 3.62. The van der Waals surface area contributed by atoms with E-state index in [9.17, 15) is 24.1 Å². The molecule has 1 fully saturated rings. The van der Waals surface area contributed by atoms with Gasteiger partial charge in [0, 0.05) is 11.8 Å². The fraction of sp³-hybridized carbons (Fsp3) is 0.379. The number of anilines is 1. The second-order valence-corrected chi connectivity index (χ2v) is 12.2. The molecule has 0 spiro atoms. The van der Waals surface area contributed by atoms with Crippen molar-refractivity contribution in [1.29, 1.82) is 0 Å². The first kappa shape index (κ1) is 33.0. The molecule has 4 rings (SSSR count). The third kappa shape index (κ3) is 7.96. The van der Waals surface area contributed by atoms with Gasteiger partial charge < -0.3 is 24.4 Å². The Bertz CT molecular complexity index is 1560. The minimum absolute atomic E-state index is 0.0747. The van der Waals surface area contributed by atoms with Crippen molar-refractivity contribution in [2.75, 3.05) is 11.9 Å². The van der Waals surface area contributed by atoms with E-state index in [0.717, 1.165) is 11.5 Å². The van der Waals surface area contributed by atoms with E-state index in [-0.39, 0.29) is 11.6 Å². The van der Waals surface area contributed by atoms with E-state index in [1.807, 2.05) is 0 Å². The highest BCUT2D eigenvalue weighted by Gasteiger charge is 2.56. The van der Waals surface area contributed by atoms with Crippen molar-refractivity contribution < 1.29 is 42.2 Å². The average Bonchev–Trinajstić information content (AvgIpc) is 3.20. The van der Waals surface area contributed by atoms with E-state index in [1.54, 1.807) is 62.4 Å². The summed E-state index contributed by atoms with van der Waals surface area (Å²) in [4.78, 5) is 41.4. The topological polar surface area (TPSA) is 167 Å². The fourth-order valence-corrected chi connectivity index (χ4v) is 5.80. The van der Waals surface area contributed by atoms with Crippen LogP contribution in [0.3, 0.4) is 0 Å². The lowest BCUT2D eigenvalue weighted by molar-refractivity contribution is -0.149. The third-order valence-electron chi connectivity index (χ3n) is 6.51. The van der Waals surface area contributed by atoms with Crippen LogP contribution in [-0.2, 0) is 23.4 Å². The lowest BCUT2D eigenvalue weighted by Gasteiger charge is -2.25. The molecule has 2 heterocycles. The van der Waals surface area contributed by atoms with E-state index >= 15 is 4.39 Å². The van der Waals surface area contributed by atoms with E-state index in [1.165, 1.54) is 31.3 Å². The van der Waals surface area contributed by atoms with Gasteiger partial charge in [0.15, 0.2) is 11.9 Å². The summed E-state index contributed by atoms with van der Waals surface area (Å²) in [5, 5.41) is 15.8. The highest BCUT2D eigenvalue weighted by molar-refractivity contribution is 7.52. The smallest absolute Gasteiger partial charge is 0.459 e. The van der Waals surface area contributed by atoms with Crippen molar-refractivity contribution in [3.8, 4) is 5.75 Å². The number of hydrogen-bond donors (Lipinski definition) is 3. The largest absolute Gasteiger partial charge is 0.462 e. The number of aromatic nitrogens is 2. The van der Waals surface area contributed by atoms with Crippen molar-refractivity contribution in [2.24, 2.45) is 0 Å². The molecule has 1 unspecified atom stereocenters. The molecule has 1 aliphatic rings. The molecular formula is C29H34FN4O9P. The normalized spacial score (nSPS) is 23.5. The minimum atomic E-state index is -4.35. The number of ether oxygens (including phenoxy) is 2. The lowest BCUT2D eigenvalue weighted by atomic mass is 9.98. The van der Waals surface area contributed by atoms with Crippen LogP contribution in [0, 0.1) is 0 Å². The summed E-state index contributed by atoms with van der Waals surface area (Å²) < 4.78 is 52.4. The molecule has 0 radical (unpaired) electrons. The number of alkyl halides is 1. The molecule has 13 nitrogen and oxygen atoms in total. The van der Waals surface area contributed by atoms with Gasteiger partial charge in [0.05, 0.1) is 12.7 Å². The van der Waals surface area contributed by atoms with Crippen LogP contribution < -0.4 is 20.6 Å². The minimum Gasteiger partial charge on any atom is -0.462 e. The Hall–Kier alpha value is -3.94. The number of nitrogens with one attached hydrogen (secondary N) is 2. The number of esters is 1. The van der Waals surface area contributed by atoms with Gasteiger partial charge in [-0.05, 0) is 58.0 Å². The van der Waals surface area contributed by atoms with E-state index < -0.39 is 68.2 Å². The molecule has 1 aromatic heterocycles. The molecule has 3 aromatic rings. The van der Waals surface area contributed by atoms with Crippen LogP contribution in [0.2, 0.25) is 0 Å². The number of rotatable bonds is 12. The zero-order chi connectivity index (χ0) is 32.1. The molecule has 1 saturated heterocycles. The number of para-hydroxylation sites is 1. The summed E-state index contributed by atoms with van der Waals surface area (Å²) in [6.07, 6.45) is -4.19. The summed E-state index contributed by atoms with van der Waals surface area (Å²) in [6.45, 7) is 5.07. The lowest BCUT2D eigenvalue weighted by Crippen LogP contribution is -2.43. The van der Waals surface area contributed by atoms with Gasteiger partial charge in [-0.15, -0.1) is 0 Å². The second-order valence-electron chi connectivity index (χ2n) is 10.5. The third-order valence-corrected chi connectivity index (χ3v) is 8.16. The highest BCUT2D eigenvalue weighted by Crippen LogP contribution is 2.47. The molecule has 1 amide bonds. The number of aliphatic hydroxyl groups excluding tert-OH is 1. The Morgan fingerprint density at radius 2 is 1.75 bits per heavy atom.